The molecule has 4 N–H and O–H groups in total. The fraction of sp³-hybridized carbons (Fsp3) is 0.167. The number of nitrogens with two attached hydrogens (primary N) is 1. The van der Waals surface area contributed by atoms with Crippen LogP contribution in [0.25, 0.3) is 11.0 Å². The van der Waals surface area contributed by atoms with Gasteiger partial charge in [-0.1, -0.05) is 5.92 Å². The maximum absolute atomic E-state index is 11.4. The minimum absolute atomic E-state index is 0.0676. The van der Waals surface area contributed by atoms with E-state index in [0.29, 0.717) is 22.7 Å². The monoisotopic (exact) mass is 256 g/mol. The lowest BCUT2D eigenvalue weighted by Gasteiger charge is -2.07. The Balaban J connectivity index is 2.13. The number of nitrogens with zero attached hydrogens (tertiary/aromatic N) is 3. The summed E-state index contributed by atoms with van der Waals surface area (Å²) in [6, 6.07) is 3.40. The molecule has 96 valence electrons. The lowest BCUT2D eigenvalue weighted by atomic mass is 10.3. The molecular formula is C12H12N6O. The van der Waals surface area contributed by atoms with Crippen LogP contribution < -0.4 is 16.4 Å². The number of anilines is 2. The SMILES string of the molecule is C#CCNC(=O)CNc1ncnc2nc(N)ccc12. The number of rotatable bonds is 4. The zero-order chi connectivity index (χ0) is 13.7. The van der Waals surface area contributed by atoms with Gasteiger partial charge in [0, 0.05) is 0 Å². The molecule has 0 aliphatic heterocycles. The summed E-state index contributed by atoms with van der Waals surface area (Å²) in [7, 11) is 0. The zero-order valence-corrected chi connectivity index (χ0v) is 10.1. The van der Waals surface area contributed by atoms with Crippen LogP contribution in [0.1, 0.15) is 0 Å². The fourth-order valence-corrected chi connectivity index (χ4v) is 1.47. The first kappa shape index (κ1) is 12.6. The standard InChI is InChI=1S/C12H12N6O/c1-2-5-14-10(19)6-15-11-8-3-4-9(13)18-12(8)17-7-16-11/h1,3-4,7H,5-6H2,(H,14,19)(H3,13,15,16,17,18). The molecule has 0 aliphatic rings. The van der Waals surface area contributed by atoms with Gasteiger partial charge in [-0.05, 0) is 12.1 Å². The molecule has 7 nitrogen and oxygen atoms in total. The molecule has 2 rings (SSSR count). The van der Waals surface area contributed by atoms with E-state index in [0.717, 1.165) is 0 Å². The molecule has 19 heavy (non-hydrogen) atoms. The molecule has 0 saturated heterocycles. The number of amides is 1. The van der Waals surface area contributed by atoms with Crippen LogP contribution in [0.15, 0.2) is 18.5 Å². The predicted molar refractivity (Wildman–Crippen MR) is 72.1 cm³/mol. The molecular weight excluding hydrogens is 244 g/mol. The van der Waals surface area contributed by atoms with Gasteiger partial charge in [-0.15, -0.1) is 6.42 Å². The average molecular weight is 256 g/mol. The van der Waals surface area contributed by atoms with E-state index in [4.69, 9.17) is 12.2 Å². The van der Waals surface area contributed by atoms with Gasteiger partial charge in [-0.25, -0.2) is 15.0 Å². The van der Waals surface area contributed by atoms with Gasteiger partial charge in [-0.2, -0.15) is 0 Å². The Bertz CT molecular complexity index is 648. The normalized spacial score (nSPS) is 9.84. The van der Waals surface area contributed by atoms with Crippen LogP contribution in [-0.4, -0.2) is 33.9 Å². The number of nitrogens with one attached hydrogen (secondary N) is 2. The van der Waals surface area contributed by atoms with Gasteiger partial charge in [0.15, 0.2) is 5.65 Å². The van der Waals surface area contributed by atoms with Crippen LogP contribution in [0.5, 0.6) is 0 Å². The summed E-state index contributed by atoms with van der Waals surface area (Å²) in [5.41, 5.74) is 6.05. The minimum Gasteiger partial charge on any atom is -0.384 e. The molecule has 0 spiro atoms. The van der Waals surface area contributed by atoms with Crippen LogP contribution in [0.2, 0.25) is 0 Å². The second-order valence-corrected chi connectivity index (χ2v) is 3.66. The molecule has 0 radical (unpaired) electrons. The summed E-state index contributed by atoms with van der Waals surface area (Å²) < 4.78 is 0. The van der Waals surface area contributed by atoms with Crippen molar-refractivity contribution in [3.8, 4) is 12.3 Å². The number of pyridine rings is 1. The number of carbonyl (C=O) groups is 1. The molecule has 2 heterocycles. The summed E-state index contributed by atoms with van der Waals surface area (Å²) in [6.45, 7) is 0.265. The summed E-state index contributed by atoms with van der Waals surface area (Å²) in [6.07, 6.45) is 6.40. The topological polar surface area (TPSA) is 106 Å². The van der Waals surface area contributed by atoms with Crippen LogP contribution in [0.4, 0.5) is 11.6 Å². The highest BCUT2D eigenvalue weighted by atomic mass is 16.1. The predicted octanol–water partition coefficient (Wildman–Crippen LogP) is -0.232. The van der Waals surface area contributed by atoms with E-state index in [1.807, 2.05) is 0 Å². The summed E-state index contributed by atoms with van der Waals surface area (Å²) in [4.78, 5) is 23.6. The van der Waals surface area contributed by atoms with Crippen molar-refractivity contribution in [2.75, 3.05) is 24.1 Å². The van der Waals surface area contributed by atoms with Crippen LogP contribution in [0.3, 0.4) is 0 Å². The van der Waals surface area contributed by atoms with Gasteiger partial charge < -0.3 is 16.4 Å². The Kier molecular flexibility index (Phi) is 3.73. The highest BCUT2D eigenvalue weighted by Crippen LogP contribution is 2.17. The highest BCUT2D eigenvalue weighted by molar-refractivity contribution is 5.89. The van der Waals surface area contributed by atoms with Crippen LogP contribution in [0, 0.1) is 12.3 Å². The summed E-state index contributed by atoms with van der Waals surface area (Å²) >= 11 is 0. The number of hydrogen-bond donors (Lipinski definition) is 3. The van der Waals surface area contributed by atoms with E-state index in [-0.39, 0.29) is 19.0 Å². The number of aromatic nitrogens is 3. The van der Waals surface area contributed by atoms with Gasteiger partial charge in [0.1, 0.15) is 18.0 Å². The van der Waals surface area contributed by atoms with Crippen molar-refractivity contribution in [2.24, 2.45) is 0 Å². The van der Waals surface area contributed by atoms with Crippen LogP contribution in [-0.2, 0) is 4.79 Å². The lowest BCUT2D eigenvalue weighted by molar-refractivity contribution is -0.119. The largest absolute Gasteiger partial charge is 0.384 e. The molecule has 0 saturated carbocycles. The van der Waals surface area contributed by atoms with E-state index in [9.17, 15) is 4.79 Å². The van der Waals surface area contributed by atoms with Gasteiger partial charge in [0.05, 0.1) is 18.5 Å². The van der Waals surface area contributed by atoms with Gasteiger partial charge in [0.2, 0.25) is 5.91 Å². The smallest absolute Gasteiger partial charge is 0.240 e. The Labute approximate surface area is 109 Å². The third kappa shape index (κ3) is 3.07. The van der Waals surface area contributed by atoms with Crippen molar-refractivity contribution in [2.45, 2.75) is 0 Å². The minimum atomic E-state index is -0.215. The molecule has 0 fully saturated rings. The van der Waals surface area contributed by atoms with Crippen molar-refractivity contribution >= 4 is 28.6 Å². The van der Waals surface area contributed by atoms with Crippen LogP contribution >= 0.6 is 0 Å². The Morgan fingerprint density at radius 1 is 1.42 bits per heavy atom. The molecule has 0 unspecified atom stereocenters. The van der Waals surface area contributed by atoms with E-state index >= 15 is 0 Å². The van der Waals surface area contributed by atoms with Crippen molar-refractivity contribution < 1.29 is 4.79 Å². The van der Waals surface area contributed by atoms with Gasteiger partial charge in [0.25, 0.3) is 0 Å². The summed E-state index contributed by atoms with van der Waals surface area (Å²) in [5.74, 6) is 3.01. The molecule has 0 aliphatic carbocycles. The lowest BCUT2D eigenvalue weighted by Crippen LogP contribution is -2.30. The molecule has 2 aromatic heterocycles. The van der Waals surface area contributed by atoms with Gasteiger partial charge in [-0.3, -0.25) is 4.79 Å². The maximum atomic E-state index is 11.4. The second-order valence-electron chi connectivity index (χ2n) is 3.66. The summed E-state index contributed by atoms with van der Waals surface area (Å²) in [5, 5.41) is 6.14. The molecule has 1 amide bonds. The molecule has 2 aromatic rings. The maximum Gasteiger partial charge on any atom is 0.240 e. The Morgan fingerprint density at radius 2 is 2.26 bits per heavy atom. The Hall–Kier alpha value is -2.88. The fourth-order valence-electron chi connectivity index (χ4n) is 1.47. The van der Waals surface area contributed by atoms with Crippen molar-refractivity contribution in [3.05, 3.63) is 18.5 Å². The first-order valence-electron chi connectivity index (χ1n) is 5.52. The number of nitrogen functional groups attached to an aromatic ring is 1. The quantitative estimate of drug-likeness (QED) is 0.652. The van der Waals surface area contributed by atoms with E-state index < -0.39 is 0 Å². The molecule has 7 heteroatoms. The van der Waals surface area contributed by atoms with Crippen molar-refractivity contribution in [3.63, 3.8) is 0 Å². The average Bonchev–Trinajstić information content (AvgIpc) is 2.42. The highest BCUT2D eigenvalue weighted by Gasteiger charge is 2.06. The molecule has 0 aromatic carbocycles. The number of terminal acetylenes is 1. The Morgan fingerprint density at radius 3 is 3.05 bits per heavy atom. The molecule has 0 atom stereocenters. The first-order chi connectivity index (χ1) is 9.20. The van der Waals surface area contributed by atoms with Gasteiger partial charge >= 0.3 is 0 Å². The molecule has 0 bridgehead atoms. The number of fused-ring (bicyclic) bond motifs is 1. The second kappa shape index (κ2) is 5.64. The van der Waals surface area contributed by atoms with E-state index in [1.54, 1.807) is 12.1 Å². The number of hydrogen-bond acceptors (Lipinski definition) is 6. The van der Waals surface area contributed by atoms with Crippen molar-refractivity contribution in [1.82, 2.24) is 20.3 Å². The third-order valence-electron chi connectivity index (χ3n) is 2.32. The van der Waals surface area contributed by atoms with Crippen molar-refractivity contribution in [1.29, 1.82) is 0 Å². The zero-order valence-electron chi connectivity index (χ0n) is 10.1. The first-order valence-corrected chi connectivity index (χ1v) is 5.52. The van der Waals surface area contributed by atoms with E-state index in [2.05, 4.69) is 31.5 Å². The van der Waals surface area contributed by atoms with E-state index in [1.165, 1.54) is 6.33 Å². The number of carbonyl (C=O) groups excluding carboxylic acids is 1. The third-order valence-corrected chi connectivity index (χ3v) is 2.32.